The first-order valence-electron chi connectivity index (χ1n) is 6.32. The van der Waals surface area contributed by atoms with Crippen molar-refractivity contribution in [3.63, 3.8) is 0 Å². The summed E-state index contributed by atoms with van der Waals surface area (Å²) in [4.78, 5) is 2.19. The van der Waals surface area contributed by atoms with E-state index in [4.69, 9.17) is 14.2 Å². The second-order valence-corrected chi connectivity index (χ2v) is 4.71. The Bertz CT molecular complexity index is 404. The fourth-order valence-corrected chi connectivity index (χ4v) is 2.08. The summed E-state index contributed by atoms with van der Waals surface area (Å²) in [5.41, 5.74) is 1.18. The van der Waals surface area contributed by atoms with Gasteiger partial charge in [-0.25, -0.2) is 0 Å². The number of ether oxygens (including phenoxy) is 3. The Balaban J connectivity index is 2.12. The van der Waals surface area contributed by atoms with Crippen LogP contribution in [0.1, 0.15) is 12.0 Å². The Kier molecular flexibility index (Phi) is 4.31. The van der Waals surface area contributed by atoms with E-state index in [9.17, 15) is 0 Å². The van der Waals surface area contributed by atoms with Gasteiger partial charge in [-0.1, -0.05) is 0 Å². The average molecular weight is 251 g/mol. The molecule has 0 atom stereocenters. The summed E-state index contributed by atoms with van der Waals surface area (Å²) in [5.74, 6) is 2.51. The van der Waals surface area contributed by atoms with Crippen LogP contribution in [0.4, 0.5) is 0 Å². The molecule has 0 amide bonds. The molecule has 4 nitrogen and oxygen atoms in total. The maximum atomic E-state index is 5.60. The average Bonchev–Trinajstić information content (AvgIpc) is 2.37. The quantitative estimate of drug-likeness (QED) is 0.800. The topological polar surface area (TPSA) is 30.9 Å². The van der Waals surface area contributed by atoms with Gasteiger partial charge in [0, 0.05) is 6.07 Å². The zero-order valence-corrected chi connectivity index (χ0v) is 11.4. The summed E-state index contributed by atoms with van der Waals surface area (Å²) in [6.07, 6.45) is 2.08. The molecule has 1 aliphatic rings. The maximum absolute atomic E-state index is 5.60. The Morgan fingerprint density at radius 1 is 1.17 bits per heavy atom. The van der Waals surface area contributed by atoms with Gasteiger partial charge >= 0.3 is 0 Å². The fourth-order valence-electron chi connectivity index (χ4n) is 2.08. The lowest BCUT2D eigenvalue weighted by molar-refractivity contribution is 0.170. The molecule has 0 radical (unpaired) electrons. The van der Waals surface area contributed by atoms with Crippen molar-refractivity contribution in [1.82, 2.24) is 4.90 Å². The highest BCUT2D eigenvalue weighted by Gasteiger charge is 2.16. The van der Waals surface area contributed by atoms with Crippen LogP contribution < -0.4 is 14.2 Å². The lowest BCUT2D eigenvalue weighted by atomic mass is 10.1. The van der Waals surface area contributed by atoms with Crippen molar-refractivity contribution in [2.45, 2.75) is 12.8 Å². The van der Waals surface area contributed by atoms with Crippen LogP contribution in [0.15, 0.2) is 12.1 Å². The first-order valence-corrected chi connectivity index (χ1v) is 6.32. The molecule has 0 fully saturated rings. The summed E-state index contributed by atoms with van der Waals surface area (Å²) in [6.45, 7) is 2.30. The molecule has 0 aliphatic carbocycles. The lowest BCUT2D eigenvalue weighted by Gasteiger charge is -2.21. The molecular weight excluding hydrogens is 230 g/mol. The molecule has 0 bridgehead atoms. The fraction of sp³-hybridized carbons (Fsp3) is 0.571. The molecule has 1 aromatic rings. The van der Waals surface area contributed by atoms with Gasteiger partial charge in [-0.2, -0.15) is 0 Å². The van der Waals surface area contributed by atoms with E-state index in [0.29, 0.717) is 13.2 Å². The number of nitrogens with zero attached hydrogens (tertiary/aromatic N) is 1. The smallest absolute Gasteiger partial charge is 0.165 e. The van der Waals surface area contributed by atoms with Crippen LogP contribution in [0.3, 0.4) is 0 Å². The zero-order valence-electron chi connectivity index (χ0n) is 11.4. The molecule has 0 N–H and O–H groups in total. The van der Waals surface area contributed by atoms with E-state index in [1.165, 1.54) is 5.56 Å². The summed E-state index contributed by atoms with van der Waals surface area (Å²) in [7, 11) is 5.86. The minimum absolute atomic E-state index is 0.607. The van der Waals surface area contributed by atoms with Gasteiger partial charge in [0.2, 0.25) is 0 Å². The molecule has 4 heteroatoms. The monoisotopic (exact) mass is 251 g/mol. The number of fused-ring (bicyclic) bond motifs is 1. The van der Waals surface area contributed by atoms with Crippen LogP contribution in [0.25, 0.3) is 0 Å². The molecule has 1 aliphatic heterocycles. The molecule has 0 saturated heterocycles. The number of hydrogen-bond acceptors (Lipinski definition) is 4. The standard InChI is InChI=1S/C14H21NO3/c1-15(2)6-4-5-11-9-13-14(10-12(11)16-3)18-8-7-17-13/h9-10H,4-8H2,1-3H3. The van der Waals surface area contributed by atoms with Crippen molar-refractivity contribution in [2.75, 3.05) is 41.0 Å². The second-order valence-electron chi connectivity index (χ2n) is 4.71. The minimum atomic E-state index is 0.607. The lowest BCUT2D eigenvalue weighted by Crippen LogP contribution is -2.16. The molecular formula is C14H21NO3. The molecule has 18 heavy (non-hydrogen) atoms. The molecule has 2 rings (SSSR count). The van der Waals surface area contributed by atoms with Crippen LogP contribution in [0.5, 0.6) is 17.2 Å². The van der Waals surface area contributed by atoms with Gasteiger partial charge in [0.15, 0.2) is 11.5 Å². The molecule has 1 heterocycles. The number of benzene rings is 1. The Hall–Kier alpha value is -1.42. The first kappa shape index (κ1) is 13.0. The van der Waals surface area contributed by atoms with Crippen LogP contribution in [0.2, 0.25) is 0 Å². The summed E-state index contributed by atoms with van der Waals surface area (Å²) in [5, 5.41) is 0. The molecule has 0 spiro atoms. The highest BCUT2D eigenvalue weighted by atomic mass is 16.6. The molecule has 1 aromatic carbocycles. The van der Waals surface area contributed by atoms with Gasteiger partial charge in [0.1, 0.15) is 19.0 Å². The summed E-state index contributed by atoms with van der Waals surface area (Å²) < 4.78 is 16.6. The third kappa shape index (κ3) is 3.07. The van der Waals surface area contributed by atoms with E-state index in [1.807, 2.05) is 12.1 Å². The first-order chi connectivity index (χ1) is 8.70. The number of rotatable bonds is 5. The van der Waals surface area contributed by atoms with Crippen molar-refractivity contribution in [3.05, 3.63) is 17.7 Å². The number of hydrogen-bond donors (Lipinski definition) is 0. The van der Waals surface area contributed by atoms with E-state index < -0.39 is 0 Å². The Morgan fingerprint density at radius 2 is 1.83 bits per heavy atom. The van der Waals surface area contributed by atoms with Crippen molar-refractivity contribution in [2.24, 2.45) is 0 Å². The normalized spacial score (nSPS) is 13.8. The minimum Gasteiger partial charge on any atom is -0.496 e. The number of aryl methyl sites for hydroxylation is 1. The predicted molar refractivity (Wildman–Crippen MR) is 70.9 cm³/mol. The van der Waals surface area contributed by atoms with Gasteiger partial charge in [-0.15, -0.1) is 0 Å². The molecule has 0 saturated carbocycles. The van der Waals surface area contributed by atoms with Crippen molar-refractivity contribution in [1.29, 1.82) is 0 Å². The summed E-state index contributed by atoms with van der Waals surface area (Å²) >= 11 is 0. The molecule has 0 aromatic heterocycles. The van der Waals surface area contributed by atoms with Gasteiger partial charge in [0.25, 0.3) is 0 Å². The van der Waals surface area contributed by atoms with Gasteiger partial charge in [0.05, 0.1) is 7.11 Å². The largest absolute Gasteiger partial charge is 0.496 e. The summed E-state index contributed by atoms with van der Waals surface area (Å²) in [6, 6.07) is 3.97. The predicted octanol–water partition coefficient (Wildman–Crippen LogP) is 1.96. The van der Waals surface area contributed by atoms with E-state index >= 15 is 0 Å². The zero-order chi connectivity index (χ0) is 13.0. The van der Waals surface area contributed by atoms with Crippen LogP contribution in [0, 0.1) is 0 Å². The Morgan fingerprint density at radius 3 is 2.44 bits per heavy atom. The van der Waals surface area contributed by atoms with Crippen molar-refractivity contribution in [3.8, 4) is 17.2 Å². The number of methoxy groups -OCH3 is 1. The van der Waals surface area contributed by atoms with Crippen LogP contribution in [-0.2, 0) is 6.42 Å². The molecule has 100 valence electrons. The maximum Gasteiger partial charge on any atom is 0.165 e. The van der Waals surface area contributed by atoms with Crippen molar-refractivity contribution >= 4 is 0 Å². The highest BCUT2D eigenvalue weighted by molar-refractivity contribution is 5.51. The second kappa shape index (κ2) is 5.96. The van der Waals surface area contributed by atoms with E-state index in [2.05, 4.69) is 19.0 Å². The highest BCUT2D eigenvalue weighted by Crippen LogP contribution is 2.37. The van der Waals surface area contributed by atoms with E-state index in [-0.39, 0.29) is 0 Å². The Labute approximate surface area is 108 Å². The third-order valence-electron chi connectivity index (χ3n) is 3.00. The van der Waals surface area contributed by atoms with Crippen molar-refractivity contribution < 1.29 is 14.2 Å². The van der Waals surface area contributed by atoms with Crippen LogP contribution >= 0.6 is 0 Å². The van der Waals surface area contributed by atoms with Gasteiger partial charge < -0.3 is 19.1 Å². The van der Waals surface area contributed by atoms with E-state index in [1.54, 1.807) is 7.11 Å². The van der Waals surface area contributed by atoms with Gasteiger partial charge in [-0.05, 0) is 45.1 Å². The SMILES string of the molecule is COc1cc2c(cc1CCCN(C)C)OCCO2. The van der Waals surface area contributed by atoms with E-state index in [0.717, 1.165) is 36.6 Å². The van der Waals surface area contributed by atoms with Crippen LogP contribution in [-0.4, -0.2) is 45.9 Å². The molecule has 0 unspecified atom stereocenters. The third-order valence-corrected chi connectivity index (χ3v) is 3.00. The van der Waals surface area contributed by atoms with Gasteiger partial charge in [-0.3, -0.25) is 0 Å².